The molecule has 0 unspecified atom stereocenters. The molecule has 0 N–H and O–H groups in total. The van der Waals surface area contributed by atoms with Crippen molar-refractivity contribution in [2.24, 2.45) is 0 Å². The molecule has 0 fully saturated rings. The molecule has 7 aromatic carbocycles. The fraction of sp³-hybridized carbons (Fsp3) is 0. The Kier molecular flexibility index (Phi) is 5.86. The van der Waals surface area contributed by atoms with Crippen LogP contribution in [0.25, 0.3) is 106 Å². The molecule has 6 heteroatoms. The van der Waals surface area contributed by atoms with Crippen molar-refractivity contribution in [2.45, 2.75) is 0 Å². The predicted octanol–water partition coefficient (Wildman–Crippen LogP) is 11.8. The van der Waals surface area contributed by atoms with E-state index in [1.165, 1.54) is 21.8 Å². The SMILES string of the molecule is c1ccc(-c2nc(-c3ccccc3)nc(-c3ccc4c(c3)oc3cc5oc6cc(-n7c8ccccc8c8ccccc87)ccc6c5cc34)n2)cc1. The van der Waals surface area contributed by atoms with Gasteiger partial charge in [0.2, 0.25) is 0 Å². The van der Waals surface area contributed by atoms with Gasteiger partial charge in [0.1, 0.15) is 22.3 Å². The molecule has 0 aliphatic carbocycles. The van der Waals surface area contributed by atoms with Gasteiger partial charge in [-0.3, -0.25) is 0 Å². The molecule has 6 nitrogen and oxygen atoms in total. The van der Waals surface area contributed by atoms with Gasteiger partial charge in [-0.05, 0) is 42.5 Å². The summed E-state index contributed by atoms with van der Waals surface area (Å²) in [4.78, 5) is 14.7. The van der Waals surface area contributed by atoms with Gasteiger partial charge in [0.05, 0.1) is 11.0 Å². The highest BCUT2D eigenvalue weighted by Gasteiger charge is 2.18. The zero-order valence-corrected chi connectivity index (χ0v) is 27.1. The Labute approximate surface area is 290 Å². The molecule has 0 aliphatic rings. The second kappa shape index (κ2) is 10.7. The summed E-state index contributed by atoms with van der Waals surface area (Å²) >= 11 is 0. The number of aromatic nitrogens is 4. The fourth-order valence-electron chi connectivity index (χ4n) is 7.45. The van der Waals surface area contributed by atoms with E-state index in [1.54, 1.807) is 0 Å². The largest absolute Gasteiger partial charge is 0.456 e. The lowest BCUT2D eigenvalue weighted by atomic mass is 10.1. The number of fused-ring (bicyclic) bond motifs is 9. The summed E-state index contributed by atoms with van der Waals surface area (Å²) in [5.74, 6) is 1.83. The van der Waals surface area contributed by atoms with Crippen molar-refractivity contribution in [3.05, 3.63) is 158 Å². The summed E-state index contributed by atoms with van der Waals surface area (Å²) in [6.07, 6.45) is 0. The molecular formula is C45H26N4O2. The van der Waals surface area contributed by atoms with Crippen LogP contribution in [0.4, 0.5) is 0 Å². The van der Waals surface area contributed by atoms with Crippen molar-refractivity contribution in [1.29, 1.82) is 0 Å². The van der Waals surface area contributed by atoms with Crippen molar-refractivity contribution < 1.29 is 8.83 Å². The summed E-state index contributed by atoms with van der Waals surface area (Å²) in [6.45, 7) is 0. The van der Waals surface area contributed by atoms with Crippen LogP contribution in [0.3, 0.4) is 0 Å². The third kappa shape index (κ3) is 4.33. The summed E-state index contributed by atoms with van der Waals surface area (Å²) in [5.41, 5.74) is 9.26. The highest BCUT2D eigenvalue weighted by molar-refractivity contribution is 6.16. The molecule has 11 aromatic rings. The standard InChI is InChI=1S/C45H26N4O2/c1-3-11-27(12-4-1)43-46-44(28-13-5-2-6-14-28)48-45(47-43)29-19-21-33-35-25-36-34-22-20-30(24-40(34)51-42(36)26-41(35)50-39(33)23-29)49-37-17-9-7-15-31(37)32-16-8-10-18-38(32)49/h1-26H. The monoisotopic (exact) mass is 654 g/mol. The van der Waals surface area contributed by atoms with Crippen molar-refractivity contribution in [3.8, 4) is 39.9 Å². The molecule has 11 rings (SSSR count). The van der Waals surface area contributed by atoms with E-state index in [0.29, 0.717) is 17.5 Å². The average Bonchev–Trinajstić information content (AvgIpc) is 3.85. The van der Waals surface area contributed by atoms with Crippen LogP contribution < -0.4 is 0 Å². The van der Waals surface area contributed by atoms with Crippen LogP contribution in [0.15, 0.2) is 167 Å². The topological polar surface area (TPSA) is 69.9 Å². The van der Waals surface area contributed by atoms with Gasteiger partial charge in [-0.15, -0.1) is 0 Å². The van der Waals surface area contributed by atoms with Crippen molar-refractivity contribution in [3.63, 3.8) is 0 Å². The molecular weight excluding hydrogens is 629 g/mol. The second-order valence-electron chi connectivity index (χ2n) is 12.8. The van der Waals surface area contributed by atoms with E-state index < -0.39 is 0 Å². The Balaban J connectivity index is 1.03. The van der Waals surface area contributed by atoms with Crippen LogP contribution in [0.1, 0.15) is 0 Å². The van der Waals surface area contributed by atoms with E-state index >= 15 is 0 Å². The Bertz CT molecular complexity index is 3030. The third-order valence-corrected chi connectivity index (χ3v) is 9.84. The number of rotatable bonds is 4. The van der Waals surface area contributed by atoms with Gasteiger partial charge in [0, 0.05) is 66.8 Å². The van der Waals surface area contributed by atoms with E-state index in [9.17, 15) is 0 Å². The van der Waals surface area contributed by atoms with Crippen LogP contribution in [-0.2, 0) is 0 Å². The van der Waals surface area contributed by atoms with Gasteiger partial charge in [0.25, 0.3) is 0 Å². The van der Waals surface area contributed by atoms with Crippen molar-refractivity contribution >= 4 is 65.7 Å². The van der Waals surface area contributed by atoms with E-state index in [2.05, 4.69) is 89.5 Å². The second-order valence-corrected chi connectivity index (χ2v) is 12.8. The molecule has 0 radical (unpaired) electrons. The number of hydrogen-bond donors (Lipinski definition) is 0. The number of benzene rings is 7. The summed E-state index contributed by atoms with van der Waals surface area (Å²) in [6, 6.07) is 54.0. The molecule has 0 saturated carbocycles. The first-order valence-corrected chi connectivity index (χ1v) is 16.9. The number of nitrogens with zero attached hydrogens (tertiary/aromatic N) is 4. The van der Waals surface area contributed by atoms with Gasteiger partial charge in [-0.1, -0.05) is 103 Å². The molecule has 4 heterocycles. The lowest BCUT2D eigenvalue weighted by Gasteiger charge is -2.08. The zero-order chi connectivity index (χ0) is 33.5. The molecule has 0 amide bonds. The lowest BCUT2D eigenvalue weighted by Crippen LogP contribution is -2.00. The van der Waals surface area contributed by atoms with E-state index in [4.69, 9.17) is 23.8 Å². The average molecular weight is 655 g/mol. The third-order valence-electron chi connectivity index (χ3n) is 9.84. The van der Waals surface area contributed by atoms with Gasteiger partial charge in [-0.2, -0.15) is 0 Å². The highest BCUT2D eigenvalue weighted by atomic mass is 16.3. The van der Waals surface area contributed by atoms with Crippen LogP contribution >= 0.6 is 0 Å². The molecule has 0 spiro atoms. The minimum absolute atomic E-state index is 0.587. The highest BCUT2D eigenvalue weighted by Crippen LogP contribution is 2.39. The minimum atomic E-state index is 0.587. The van der Waals surface area contributed by atoms with Crippen molar-refractivity contribution in [1.82, 2.24) is 19.5 Å². The maximum atomic E-state index is 6.52. The number of hydrogen-bond acceptors (Lipinski definition) is 5. The molecule has 238 valence electrons. The summed E-state index contributed by atoms with van der Waals surface area (Å²) < 4.78 is 15.3. The smallest absolute Gasteiger partial charge is 0.164 e. The minimum Gasteiger partial charge on any atom is -0.456 e. The number of furan rings is 2. The van der Waals surface area contributed by atoms with E-state index in [1.807, 2.05) is 72.8 Å². The Morgan fingerprint density at radius 2 is 0.804 bits per heavy atom. The molecule has 0 aliphatic heterocycles. The number of para-hydroxylation sites is 2. The predicted molar refractivity (Wildman–Crippen MR) is 205 cm³/mol. The van der Waals surface area contributed by atoms with Gasteiger partial charge in [0.15, 0.2) is 17.5 Å². The molecule has 0 saturated heterocycles. The van der Waals surface area contributed by atoms with E-state index in [-0.39, 0.29) is 0 Å². The molecule has 51 heavy (non-hydrogen) atoms. The maximum absolute atomic E-state index is 6.52. The van der Waals surface area contributed by atoms with Gasteiger partial charge < -0.3 is 13.4 Å². The Morgan fingerprint density at radius 3 is 1.39 bits per heavy atom. The normalized spacial score (nSPS) is 11.9. The first-order valence-electron chi connectivity index (χ1n) is 16.9. The Hall–Kier alpha value is -7.05. The van der Waals surface area contributed by atoms with Crippen LogP contribution in [0, 0.1) is 0 Å². The Morgan fingerprint density at radius 1 is 0.333 bits per heavy atom. The lowest BCUT2D eigenvalue weighted by molar-refractivity contribution is 0.656. The van der Waals surface area contributed by atoms with E-state index in [0.717, 1.165) is 66.3 Å². The molecule has 0 atom stereocenters. The summed E-state index contributed by atoms with van der Waals surface area (Å²) in [5, 5.41) is 6.63. The van der Waals surface area contributed by atoms with Crippen LogP contribution in [0.2, 0.25) is 0 Å². The first kappa shape index (κ1) is 27.9. The van der Waals surface area contributed by atoms with Gasteiger partial charge >= 0.3 is 0 Å². The first-order chi connectivity index (χ1) is 25.2. The van der Waals surface area contributed by atoms with Crippen LogP contribution in [-0.4, -0.2) is 19.5 Å². The zero-order valence-electron chi connectivity index (χ0n) is 27.1. The quantitative estimate of drug-likeness (QED) is 0.189. The van der Waals surface area contributed by atoms with Gasteiger partial charge in [-0.25, -0.2) is 15.0 Å². The maximum Gasteiger partial charge on any atom is 0.164 e. The van der Waals surface area contributed by atoms with Crippen molar-refractivity contribution in [2.75, 3.05) is 0 Å². The molecule has 4 aromatic heterocycles. The summed E-state index contributed by atoms with van der Waals surface area (Å²) in [7, 11) is 0. The molecule has 0 bridgehead atoms. The van der Waals surface area contributed by atoms with Crippen LogP contribution in [0.5, 0.6) is 0 Å². The fourth-order valence-corrected chi connectivity index (χ4v) is 7.45.